The van der Waals surface area contributed by atoms with E-state index in [9.17, 15) is 0 Å². The van der Waals surface area contributed by atoms with E-state index in [2.05, 4.69) is 54.6 Å². The van der Waals surface area contributed by atoms with Crippen LogP contribution >= 0.6 is 0 Å². The van der Waals surface area contributed by atoms with Crippen molar-refractivity contribution < 1.29 is 0 Å². The van der Waals surface area contributed by atoms with E-state index >= 15 is 0 Å². The molecule has 0 amide bonds. The van der Waals surface area contributed by atoms with Crippen LogP contribution in [0, 0.1) is 0 Å². The van der Waals surface area contributed by atoms with Crippen LogP contribution in [0.5, 0.6) is 0 Å². The smallest absolute Gasteiger partial charge is 0.0614 e. The highest BCUT2D eigenvalue weighted by Gasteiger charge is 2.45. The lowest BCUT2D eigenvalue weighted by Gasteiger charge is -2.22. The van der Waals surface area contributed by atoms with Crippen molar-refractivity contribution in [1.82, 2.24) is 0 Å². The molecule has 0 saturated heterocycles. The Hall–Kier alpha value is -2.28. The lowest BCUT2D eigenvalue weighted by molar-refractivity contribution is 1.21. The van der Waals surface area contributed by atoms with Crippen molar-refractivity contribution >= 4 is 23.1 Å². The first-order valence-corrected chi connectivity index (χ1v) is 7.31. The average Bonchev–Trinajstić information content (AvgIpc) is 3.01. The average molecular weight is 250 g/mol. The molecule has 0 radical (unpaired) electrons. The van der Waals surface area contributed by atoms with Gasteiger partial charge in [0.1, 0.15) is 0 Å². The molecule has 0 unspecified atom stereocenters. The molecule has 20 heavy (non-hydrogen) atoms. The van der Waals surface area contributed by atoms with Crippen molar-refractivity contribution in [3.8, 4) is 22.3 Å². The van der Waals surface area contributed by atoms with Gasteiger partial charge in [-0.1, -0.05) is 71.0 Å². The third-order valence-corrected chi connectivity index (χ3v) is 5.33. The predicted molar refractivity (Wildman–Crippen MR) is 84.8 cm³/mol. The van der Waals surface area contributed by atoms with E-state index in [4.69, 9.17) is 0 Å². The first-order chi connectivity index (χ1) is 9.93. The summed E-state index contributed by atoms with van der Waals surface area (Å²) in [6, 6.07) is 20.5. The zero-order chi connectivity index (χ0) is 12.8. The molecule has 6 rings (SSSR count). The number of rotatable bonds is 0. The van der Waals surface area contributed by atoms with Crippen molar-refractivity contribution in [3.05, 3.63) is 65.7 Å². The second kappa shape index (κ2) is 2.91. The Labute approximate surface area is 118 Å². The van der Waals surface area contributed by atoms with Crippen molar-refractivity contribution in [2.45, 2.75) is 6.42 Å². The third-order valence-electron chi connectivity index (χ3n) is 5.33. The Morgan fingerprint density at radius 1 is 0.550 bits per heavy atom. The fraction of sp³-hybridized carbons (Fsp3) is 0.0526. The molecule has 3 heterocycles. The van der Waals surface area contributed by atoms with Gasteiger partial charge in [0.15, 0.2) is 0 Å². The minimum Gasteiger partial charge on any atom is -0.0614 e. The van der Waals surface area contributed by atoms with Gasteiger partial charge >= 0.3 is 0 Å². The molecule has 0 fully saturated rings. The first-order valence-electron chi connectivity index (χ1n) is 7.31. The van der Waals surface area contributed by atoms with Gasteiger partial charge < -0.3 is 0 Å². The van der Waals surface area contributed by atoms with E-state index in [0.717, 1.165) is 6.42 Å². The van der Waals surface area contributed by atoms with Crippen LogP contribution in [0.2, 0.25) is 0 Å². The van der Waals surface area contributed by atoms with Crippen molar-refractivity contribution in [2.24, 2.45) is 0 Å². The summed E-state index contributed by atoms with van der Waals surface area (Å²) >= 11 is 0. The van der Waals surface area contributed by atoms with Crippen molar-refractivity contribution in [2.75, 3.05) is 0 Å². The lowest BCUT2D eigenvalue weighted by atomic mass is 9.37. The molecule has 3 aliphatic rings. The van der Waals surface area contributed by atoms with Crippen LogP contribution in [0.4, 0.5) is 0 Å². The molecule has 0 aromatic heterocycles. The van der Waals surface area contributed by atoms with E-state index in [-0.39, 0.29) is 0 Å². The monoisotopic (exact) mass is 250 g/mol. The molecular weight excluding hydrogens is 239 g/mol. The Kier molecular flexibility index (Phi) is 1.39. The third kappa shape index (κ3) is 0.840. The van der Waals surface area contributed by atoms with Gasteiger partial charge in [0.05, 0.1) is 0 Å². The lowest BCUT2D eigenvalue weighted by Crippen LogP contribution is -2.51. The van der Waals surface area contributed by atoms with Gasteiger partial charge in [-0.05, 0) is 39.8 Å². The second-order valence-electron chi connectivity index (χ2n) is 6.13. The maximum Gasteiger partial charge on any atom is 0.245 e. The highest BCUT2D eigenvalue weighted by molar-refractivity contribution is 7.03. The zero-order valence-electron chi connectivity index (χ0n) is 11.0. The highest BCUT2D eigenvalue weighted by atomic mass is 14.3. The minimum atomic E-state index is 0.521. The van der Waals surface area contributed by atoms with Crippen molar-refractivity contribution in [3.63, 3.8) is 0 Å². The Bertz CT molecular complexity index is 865. The molecule has 3 aliphatic heterocycles. The molecule has 0 atom stereocenters. The highest BCUT2D eigenvalue weighted by Crippen LogP contribution is 2.37. The summed E-state index contributed by atoms with van der Waals surface area (Å²) < 4.78 is 0. The molecule has 3 aromatic carbocycles. The van der Waals surface area contributed by atoms with Crippen LogP contribution in [0.15, 0.2) is 54.6 Å². The number of benzene rings is 3. The molecule has 0 bridgehead atoms. The van der Waals surface area contributed by atoms with Crippen LogP contribution in [0.3, 0.4) is 0 Å². The SMILES string of the molecule is c1cc2c3c(c1)-c1cccc4c1B3c1c(cccc1-4)C2. The van der Waals surface area contributed by atoms with Gasteiger partial charge in [-0.15, -0.1) is 0 Å². The molecule has 0 spiro atoms. The Balaban J connectivity index is 1.92. The quantitative estimate of drug-likeness (QED) is 0.362. The number of hydrogen-bond acceptors (Lipinski definition) is 0. The summed E-state index contributed by atoms with van der Waals surface area (Å²) in [4.78, 5) is 0. The molecule has 3 aromatic rings. The van der Waals surface area contributed by atoms with E-state index in [0.29, 0.717) is 6.71 Å². The summed E-state index contributed by atoms with van der Waals surface area (Å²) in [5.41, 5.74) is 13.7. The predicted octanol–water partition coefficient (Wildman–Crippen LogP) is 2.07. The first kappa shape index (κ1) is 9.60. The van der Waals surface area contributed by atoms with Crippen LogP contribution in [0.1, 0.15) is 11.1 Å². The van der Waals surface area contributed by atoms with Crippen LogP contribution < -0.4 is 16.4 Å². The molecule has 0 saturated carbocycles. The fourth-order valence-electron chi connectivity index (χ4n) is 4.67. The van der Waals surface area contributed by atoms with E-state index in [1.54, 1.807) is 16.4 Å². The van der Waals surface area contributed by atoms with Gasteiger partial charge in [-0.3, -0.25) is 0 Å². The summed E-state index contributed by atoms with van der Waals surface area (Å²) in [5, 5.41) is 0. The maximum absolute atomic E-state index is 2.32. The van der Waals surface area contributed by atoms with Crippen LogP contribution in [0.25, 0.3) is 22.3 Å². The molecule has 1 heteroatoms. The molecule has 0 N–H and O–H groups in total. The van der Waals surface area contributed by atoms with E-state index in [1.807, 2.05) is 0 Å². The van der Waals surface area contributed by atoms with Gasteiger partial charge in [0.25, 0.3) is 0 Å². The normalized spacial score (nSPS) is 14.7. The standard InChI is InChI=1S/C19H11B/c1-4-11-10-12-5-2-7-14-16-9-3-8-15-13(6-1)17(11)20(18(12)14)19(15)16/h1-9H,10H2. The summed E-state index contributed by atoms with van der Waals surface area (Å²) in [5.74, 6) is 0. The summed E-state index contributed by atoms with van der Waals surface area (Å²) in [6.07, 6.45) is 1.10. The van der Waals surface area contributed by atoms with Gasteiger partial charge in [-0.25, -0.2) is 0 Å². The Morgan fingerprint density at radius 2 is 1.00 bits per heavy atom. The summed E-state index contributed by atoms with van der Waals surface area (Å²) in [7, 11) is 0. The Morgan fingerprint density at radius 3 is 1.55 bits per heavy atom. The minimum absolute atomic E-state index is 0.521. The van der Waals surface area contributed by atoms with E-state index in [1.165, 1.54) is 33.4 Å². The van der Waals surface area contributed by atoms with E-state index < -0.39 is 0 Å². The maximum atomic E-state index is 2.32. The zero-order valence-corrected chi connectivity index (χ0v) is 11.0. The van der Waals surface area contributed by atoms with Gasteiger partial charge in [0, 0.05) is 0 Å². The molecule has 90 valence electrons. The number of hydrogen-bond donors (Lipinski definition) is 0. The fourth-order valence-corrected chi connectivity index (χ4v) is 4.67. The summed E-state index contributed by atoms with van der Waals surface area (Å²) in [6.45, 7) is 0.521. The molecule has 0 nitrogen and oxygen atoms in total. The number of fused-ring (bicyclic) bond motifs is 2. The molecule has 0 aliphatic carbocycles. The second-order valence-corrected chi connectivity index (χ2v) is 6.13. The van der Waals surface area contributed by atoms with Gasteiger partial charge in [0.2, 0.25) is 6.71 Å². The van der Waals surface area contributed by atoms with Crippen molar-refractivity contribution in [1.29, 1.82) is 0 Å². The van der Waals surface area contributed by atoms with Gasteiger partial charge in [-0.2, -0.15) is 0 Å². The van der Waals surface area contributed by atoms with Crippen LogP contribution in [-0.2, 0) is 6.42 Å². The molecular formula is C19H11B. The topological polar surface area (TPSA) is 0 Å². The van der Waals surface area contributed by atoms with Crippen LogP contribution in [-0.4, -0.2) is 6.71 Å². The largest absolute Gasteiger partial charge is 0.245 e.